The summed E-state index contributed by atoms with van der Waals surface area (Å²) in [5, 5.41) is 7.63. The molecular weight excluding hydrogens is 234 g/mol. The average molecular weight is 242 g/mol. The molecule has 1 aromatic heterocycles. The van der Waals surface area contributed by atoms with E-state index >= 15 is 0 Å². The normalized spacial score (nSPS) is 10.9. The second-order valence-electron chi connectivity index (χ2n) is 2.94. The summed E-state index contributed by atoms with van der Waals surface area (Å²) in [7, 11) is 0. The van der Waals surface area contributed by atoms with E-state index in [1.54, 1.807) is 0 Å². The first-order chi connectivity index (χ1) is 7.75. The van der Waals surface area contributed by atoms with Crippen LogP contribution in [0.25, 0.3) is 11.5 Å². The second kappa shape index (κ2) is 5.07. The van der Waals surface area contributed by atoms with E-state index in [9.17, 15) is 8.78 Å². The Morgan fingerprint density at radius 3 is 2.62 bits per heavy atom. The summed E-state index contributed by atoms with van der Waals surface area (Å²) in [4.78, 5) is 0. The monoisotopic (exact) mass is 242 g/mol. The fraction of sp³-hybridized carbons (Fsp3) is 0.200. The lowest BCUT2D eigenvalue weighted by atomic mass is 10.2. The van der Waals surface area contributed by atoms with Crippen LogP contribution in [0.2, 0.25) is 0 Å². The Balaban J connectivity index is 2.08. The third kappa shape index (κ3) is 2.79. The number of hydrogen-bond donors (Lipinski definition) is 0. The van der Waals surface area contributed by atoms with Crippen LogP contribution in [0.5, 0.6) is 0 Å². The largest absolute Gasteiger partial charge is 0.411 e. The first kappa shape index (κ1) is 11.1. The van der Waals surface area contributed by atoms with Gasteiger partial charge in [-0.1, -0.05) is 30.0 Å². The van der Waals surface area contributed by atoms with Gasteiger partial charge in [-0.05, 0) is 12.1 Å². The van der Waals surface area contributed by atoms with E-state index < -0.39 is 6.43 Å². The summed E-state index contributed by atoms with van der Waals surface area (Å²) in [6.07, 6.45) is -2.38. The summed E-state index contributed by atoms with van der Waals surface area (Å²) in [5.41, 5.74) is 0.777. The number of rotatable bonds is 4. The number of thioether (sulfide) groups is 1. The Morgan fingerprint density at radius 1 is 1.19 bits per heavy atom. The quantitative estimate of drug-likeness (QED) is 0.772. The number of hydrogen-bond acceptors (Lipinski definition) is 4. The van der Waals surface area contributed by atoms with Crippen molar-refractivity contribution < 1.29 is 13.2 Å². The molecule has 0 spiro atoms. The van der Waals surface area contributed by atoms with E-state index in [-0.39, 0.29) is 11.0 Å². The number of nitrogens with zero attached hydrogens (tertiary/aromatic N) is 2. The van der Waals surface area contributed by atoms with Crippen LogP contribution in [-0.4, -0.2) is 22.4 Å². The predicted octanol–water partition coefficient (Wildman–Crippen LogP) is 3.09. The van der Waals surface area contributed by atoms with Crippen LogP contribution >= 0.6 is 11.8 Å². The third-order valence-corrected chi connectivity index (χ3v) is 2.59. The smallest absolute Gasteiger partial charge is 0.277 e. The average Bonchev–Trinajstić information content (AvgIpc) is 2.76. The van der Waals surface area contributed by atoms with Gasteiger partial charge in [-0.3, -0.25) is 0 Å². The topological polar surface area (TPSA) is 38.9 Å². The fourth-order valence-corrected chi connectivity index (χ4v) is 1.60. The molecule has 0 amide bonds. The van der Waals surface area contributed by atoms with E-state index in [1.807, 2.05) is 30.3 Å². The second-order valence-corrected chi connectivity index (χ2v) is 3.91. The SMILES string of the molecule is FC(F)CSc1nnc(-c2ccccc2)o1. The molecule has 0 unspecified atom stereocenters. The zero-order valence-corrected chi connectivity index (χ0v) is 8.95. The highest BCUT2D eigenvalue weighted by atomic mass is 32.2. The molecule has 0 bridgehead atoms. The molecule has 2 rings (SSSR count). The number of benzene rings is 1. The molecule has 0 saturated carbocycles. The van der Waals surface area contributed by atoms with Crippen molar-refractivity contribution in [3.63, 3.8) is 0 Å². The van der Waals surface area contributed by atoms with Crippen LogP contribution in [-0.2, 0) is 0 Å². The Labute approximate surface area is 94.9 Å². The molecule has 0 aliphatic carbocycles. The highest BCUT2D eigenvalue weighted by molar-refractivity contribution is 7.99. The maximum Gasteiger partial charge on any atom is 0.277 e. The van der Waals surface area contributed by atoms with E-state index in [1.165, 1.54) is 0 Å². The summed E-state index contributed by atoms with van der Waals surface area (Å²) < 4.78 is 29.1. The Hall–Kier alpha value is -1.43. The molecule has 2 aromatic rings. The minimum Gasteiger partial charge on any atom is -0.411 e. The van der Waals surface area contributed by atoms with Gasteiger partial charge in [-0.2, -0.15) is 0 Å². The molecule has 6 heteroatoms. The molecule has 0 saturated heterocycles. The maximum atomic E-state index is 11.9. The molecular formula is C10H8F2N2OS. The standard InChI is InChI=1S/C10H8F2N2OS/c11-8(12)6-16-10-14-13-9(15-10)7-4-2-1-3-5-7/h1-5,8H,6H2. The van der Waals surface area contributed by atoms with Crippen LogP contribution in [0, 0.1) is 0 Å². The zero-order chi connectivity index (χ0) is 11.4. The Bertz CT molecular complexity index is 447. The number of halogens is 2. The van der Waals surface area contributed by atoms with Crippen molar-refractivity contribution in [3.05, 3.63) is 30.3 Å². The third-order valence-electron chi connectivity index (χ3n) is 1.76. The van der Waals surface area contributed by atoms with Gasteiger partial charge in [0.05, 0.1) is 5.75 Å². The Kier molecular flexibility index (Phi) is 3.51. The van der Waals surface area contributed by atoms with Crippen LogP contribution in [0.15, 0.2) is 40.0 Å². The highest BCUT2D eigenvalue weighted by Gasteiger charge is 2.11. The lowest BCUT2D eigenvalue weighted by Crippen LogP contribution is -1.92. The van der Waals surface area contributed by atoms with Crippen LogP contribution < -0.4 is 0 Å². The molecule has 0 N–H and O–H groups in total. The van der Waals surface area contributed by atoms with Crippen LogP contribution in [0.1, 0.15) is 0 Å². The Morgan fingerprint density at radius 2 is 1.94 bits per heavy atom. The molecule has 1 aromatic carbocycles. The van der Waals surface area contributed by atoms with E-state index in [0.717, 1.165) is 17.3 Å². The van der Waals surface area contributed by atoms with Crippen LogP contribution in [0.3, 0.4) is 0 Å². The van der Waals surface area contributed by atoms with Crippen molar-refractivity contribution in [2.75, 3.05) is 5.75 Å². The van der Waals surface area contributed by atoms with Gasteiger partial charge in [0, 0.05) is 5.56 Å². The van der Waals surface area contributed by atoms with Crippen molar-refractivity contribution in [1.29, 1.82) is 0 Å². The van der Waals surface area contributed by atoms with E-state index in [4.69, 9.17) is 4.42 Å². The summed E-state index contributed by atoms with van der Waals surface area (Å²) in [5.74, 6) is 0.00790. The van der Waals surface area contributed by atoms with Crippen molar-refractivity contribution in [3.8, 4) is 11.5 Å². The molecule has 1 heterocycles. The molecule has 0 radical (unpaired) electrons. The van der Waals surface area contributed by atoms with Crippen molar-refractivity contribution in [2.24, 2.45) is 0 Å². The van der Waals surface area contributed by atoms with Gasteiger partial charge in [0.15, 0.2) is 0 Å². The first-order valence-electron chi connectivity index (χ1n) is 4.55. The lowest BCUT2D eigenvalue weighted by molar-refractivity contribution is 0.176. The van der Waals surface area contributed by atoms with E-state index in [2.05, 4.69) is 10.2 Å². The fourth-order valence-electron chi connectivity index (χ4n) is 1.10. The van der Waals surface area contributed by atoms with Crippen LogP contribution in [0.4, 0.5) is 8.78 Å². The van der Waals surface area contributed by atoms with Gasteiger partial charge in [0.25, 0.3) is 5.22 Å². The van der Waals surface area contributed by atoms with Gasteiger partial charge in [0.2, 0.25) is 12.3 Å². The van der Waals surface area contributed by atoms with E-state index in [0.29, 0.717) is 5.89 Å². The highest BCUT2D eigenvalue weighted by Crippen LogP contribution is 2.23. The summed E-state index contributed by atoms with van der Waals surface area (Å²) >= 11 is 0.854. The molecule has 0 aliphatic heterocycles. The zero-order valence-electron chi connectivity index (χ0n) is 8.14. The minimum atomic E-state index is -2.38. The summed E-state index contributed by atoms with van der Waals surface area (Å²) in [6, 6.07) is 9.17. The molecule has 84 valence electrons. The number of alkyl halides is 2. The van der Waals surface area contributed by atoms with Crippen molar-refractivity contribution in [2.45, 2.75) is 11.6 Å². The van der Waals surface area contributed by atoms with Crippen molar-refractivity contribution >= 4 is 11.8 Å². The predicted molar refractivity (Wildman–Crippen MR) is 56.5 cm³/mol. The lowest BCUT2D eigenvalue weighted by Gasteiger charge is -1.94. The molecule has 0 aliphatic rings. The summed E-state index contributed by atoms with van der Waals surface area (Å²) in [6.45, 7) is 0. The minimum absolute atomic E-state index is 0.166. The van der Waals surface area contributed by atoms with Gasteiger partial charge in [-0.15, -0.1) is 10.2 Å². The molecule has 16 heavy (non-hydrogen) atoms. The van der Waals surface area contributed by atoms with Crippen molar-refractivity contribution in [1.82, 2.24) is 10.2 Å². The first-order valence-corrected chi connectivity index (χ1v) is 5.54. The number of aromatic nitrogens is 2. The van der Waals surface area contributed by atoms with Gasteiger partial charge < -0.3 is 4.42 Å². The van der Waals surface area contributed by atoms with Gasteiger partial charge in [-0.25, -0.2) is 8.78 Å². The van der Waals surface area contributed by atoms with Gasteiger partial charge in [0.1, 0.15) is 0 Å². The van der Waals surface area contributed by atoms with Gasteiger partial charge >= 0.3 is 0 Å². The molecule has 3 nitrogen and oxygen atoms in total. The molecule has 0 atom stereocenters. The maximum absolute atomic E-state index is 11.9. The molecule has 0 fully saturated rings.